The summed E-state index contributed by atoms with van der Waals surface area (Å²) in [7, 11) is 2.72. The Hall–Kier alpha value is 0.440. The Kier molecular flexibility index (Phi) is 20.7. The van der Waals surface area contributed by atoms with Gasteiger partial charge in [0, 0.05) is 33.1 Å². The lowest BCUT2D eigenvalue weighted by molar-refractivity contribution is -0.153. The Balaban J connectivity index is 0. The molecule has 1 rings (SSSR count). The summed E-state index contributed by atoms with van der Waals surface area (Å²) in [4.78, 5) is 14.6. The molecule has 9 heteroatoms. The van der Waals surface area contributed by atoms with Gasteiger partial charge in [0.15, 0.2) is 6.55 Å². The number of aliphatic hydroxyl groups excluding tert-OH is 1. The molecule has 1 heterocycles. The van der Waals surface area contributed by atoms with E-state index >= 15 is 0 Å². The molecule has 1 N–H and O–H groups in total. The van der Waals surface area contributed by atoms with E-state index in [2.05, 4.69) is 4.90 Å². The van der Waals surface area contributed by atoms with Gasteiger partial charge in [0.05, 0.1) is 18.6 Å². The minimum absolute atomic E-state index is 0.104. The van der Waals surface area contributed by atoms with Crippen LogP contribution in [0, 0.1) is 5.41 Å². The molecule has 0 radical (unpaired) electrons. The summed E-state index contributed by atoms with van der Waals surface area (Å²) in [5.41, 5.74) is -0.436. The van der Waals surface area contributed by atoms with Crippen LogP contribution in [0.25, 0.3) is 0 Å². The highest BCUT2D eigenvalue weighted by Gasteiger charge is 2.30. The summed E-state index contributed by atoms with van der Waals surface area (Å²) in [6, 6.07) is 0. The van der Waals surface area contributed by atoms with Gasteiger partial charge in [0.2, 0.25) is 0 Å². The van der Waals surface area contributed by atoms with Crippen LogP contribution in [0.15, 0.2) is 0 Å². The molecule has 1 saturated heterocycles. The molecule has 158 valence electrons. The van der Waals surface area contributed by atoms with Crippen molar-refractivity contribution in [1.29, 1.82) is 0 Å². The van der Waals surface area contributed by atoms with E-state index < -0.39 is 12.0 Å². The molecule has 1 fully saturated rings. The second-order valence-corrected chi connectivity index (χ2v) is 12.0. The SMILES string of the molecule is CC.CO.COP(SC)SCCOC(=O)C(C)(C)CCN1CCOCC1. The molecule has 1 aliphatic rings. The summed E-state index contributed by atoms with van der Waals surface area (Å²) >= 11 is 3.42. The fourth-order valence-electron chi connectivity index (χ4n) is 1.99. The fraction of sp³-hybridized carbons (Fsp3) is 0.941. The molecule has 0 aromatic carbocycles. The summed E-state index contributed by atoms with van der Waals surface area (Å²) in [6.45, 7) is 12.3. The highest BCUT2D eigenvalue weighted by Crippen LogP contribution is 2.59. The first-order valence-electron chi connectivity index (χ1n) is 8.93. The maximum absolute atomic E-state index is 12.2. The summed E-state index contributed by atoms with van der Waals surface area (Å²) < 4.78 is 16.1. The van der Waals surface area contributed by atoms with Crippen molar-refractivity contribution >= 4 is 35.3 Å². The average molecular weight is 432 g/mol. The van der Waals surface area contributed by atoms with E-state index in [0.717, 1.165) is 52.1 Å². The Morgan fingerprint density at radius 3 is 2.35 bits per heavy atom. The van der Waals surface area contributed by atoms with Crippen molar-refractivity contribution in [2.75, 3.05) is 65.7 Å². The largest absolute Gasteiger partial charge is 0.464 e. The van der Waals surface area contributed by atoms with E-state index in [0.29, 0.717) is 6.61 Å². The van der Waals surface area contributed by atoms with Crippen LogP contribution >= 0.6 is 29.3 Å². The van der Waals surface area contributed by atoms with Gasteiger partial charge in [0.25, 0.3) is 0 Å². The van der Waals surface area contributed by atoms with Crippen LogP contribution in [0.5, 0.6) is 0 Å². The lowest BCUT2D eigenvalue weighted by Gasteiger charge is -2.30. The van der Waals surface area contributed by atoms with Gasteiger partial charge in [-0.25, -0.2) is 0 Å². The minimum Gasteiger partial charge on any atom is -0.464 e. The predicted molar refractivity (Wildman–Crippen MR) is 116 cm³/mol. The Morgan fingerprint density at radius 1 is 1.27 bits per heavy atom. The molecular formula is C17H38NO5PS2. The maximum Gasteiger partial charge on any atom is 0.311 e. The van der Waals surface area contributed by atoms with Crippen LogP contribution in [-0.2, 0) is 18.8 Å². The topological polar surface area (TPSA) is 68.2 Å². The van der Waals surface area contributed by atoms with Gasteiger partial charge in [-0.1, -0.05) is 36.6 Å². The number of morpholine rings is 1. The van der Waals surface area contributed by atoms with Crippen molar-refractivity contribution in [2.45, 2.75) is 34.1 Å². The molecule has 0 bridgehead atoms. The van der Waals surface area contributed by atoms with Crippen LogP contribution in [0.2, 0.25) is 0 Å². The quantitative estimate of drug-likeness (QED) is 0.317. The predicted octanol–water partition coefficient (Wildman–Crippen LogP) is 3.88. The van der Waals surface area contributed by atoms with Crippen molar-refractivity contribution < 1.29 is 23.9 Å². The van der Waals surface area contributed by atoms with Crippen molar-refractivity contribution in [2.24, 2.45) is 5.41 Å². The number of ether oxygens (including phenoxy) is 2. The van der Waals surface area contributed by atoms with E-state index in [1.807, 2.05) is 34.0 Å². The lowest BCUT2D eigenvalue weighted by atomic mass is 9.89. The molecular weight excluding hydrogens is 393 g/mol. The molecule has 26 heavy (non-hydrogen) atoms. The number of esters is 1. The van der Waals surface area contributed by atoms with Crippen LogP contribution in [0.4, 0.5) is 0 Å². The van der Waals surface area contributed by atoms with Crippen molar-refractivity contribution in [3.8, 4) is 0 Å². The number of rotatable bonds is 10. The smallest absolute Gasteiger partial charge is 0.311 e. The van der Waals surface area contributed by atoms with Gasteiger partial charge in [-0.2, -0.15) is 0 Å². The number of carbonyl (C=O) groups is 1. The zero-order valence-corrected chi connectivity index (χ0v) is 20.0. The maximum atomic E-state index is 12.2. The molecule has 0 saturated carbocycles. The highest BCUT2D eigenvalue weighted by atomic mass is 33.1. The van der Waals surface area contributed by atoms with Crippen LogP contribution in [0.1, 0.15) is 34.1 Å². The number of nitrogens with zero attached hydrogens (tertiary/aromatic N) is 1. The molecule has 1 unspecified atom stereocenters. The molecule has 0 aromatic heterocycles. The van der Waals surface area contributed by atoms with Crippen molar-refractivity contribution in [3.05, 3.63) is 0 Å². The zero-order chi connectivity index (χ0) is 20.4. The van der Waals surface area contributed by atoms with Gasteiger partial charge in [-0.15, -0.1) is 0 Å². The number of aliphatic hydroxyl groups is 1. The molecule has 0 aliphatic carbocycles. The Morgan fingerprint density at radius 2 is 1.85 bits per heavy atom. The van der Waals surface area contributed by atoms with Crippen molar-refractivity contribution in [1.82, 2.24) is 4.90 Å². The average Bonchev–Trinajstić information content (AvgIpc) is 2.70. The second kappa shape index (κ2) is 18.8. The monoisotopic (exact) mass is 431 g/mol. The van der Waals surface area contributed by atoms with Gasteiger partial charge >= 0.3 is 5.97 Å². The third-order valence-electron chi connectivity index (χ3n) is 3.52. The van der Waals surface area contributed by atoms with Gasteiger partial charge in [0.1, 0.15) is 6.61 Å². The summed E-state index contributed by atoms with van der Waals surface area (Å²) in [5.74, 6) is 0.679. The normalized spacial score (nSPS) is 15.8. The minimum atomic E-state index is -0.507. The third kappa shape index (κ3) is 13.6. The highest BCUT2D eigenvalue weighted by molar-refractivity contribution is 8.86. The molecule has 1 aliphatic heterocycles. The van der Waals surface area contributed by atoms with E-state index in [1.165, 1.54) is 0 Å². The van der Waals surface area contributed by atoms with Crippen LogP contribution in [0.3, 0.4) is 0 Å². The van der Waals surface area contributed by atoms with Crippen LogP contribution in [-0.4, -0.2) is 81.7 Å². The van der Waals surface area contributed by atoms with Crippen LogP contribution < -0.4 is 0 Å². The van der Waals surface area contributed by atoms with Gasteiger partial charge in [-0.3, -0.25) is 9.69 Å². The molecule has 6 nitrogen and oxygen atoms in total. The first-order chi connectivity index (χ1) is 12.5. The van der Waals surface area contributed by atoms with E-state index in [9.17, 15) is 4.79 Å². The summed E-state index contributed by atoms with van der Waals surface area (Å²) in [6.07, 6.45) is 2.84. The molecule has 0 amide bonds. The summed E-state index contributed by atoms with van der Waals surface area (Å²) in [5, 5.41) is 7.00. The Bertz CT molecular complexity index is 328. The van der Waals surface area contributed by atoms with Gasteiger partial charge in [-0.05, 0) is 33.1 Å². The number of carbonyl (C=O) groups excluding carboxylic acids is 1. The number of hydrogen-bond donors (Lipinski definition) is 1. The molecule has 1 atom stereocenters. The standard InChI is InChI=1S/C14H28NO4PS2.C2H6.CH4O/c1-14(2,5-6-15-7-9-18-10-8-15)13(16)19-11-12-22-20(17-3)21-4;2*1-2/h5-12H2,1-4H3;1-2H3;2H,1H3. The first kappa shape index (κ1) is 28.6. The lowest BCUT2D eigenvalue weighted by Crippen LogP contribution is -2.39. The number of hydrogen-bond acceptors (Lipinski definition) is 8. The molecule has 0 aromatic rings. The first-order valence-corrected chi connectivity index (χ1v) is 13.6. The van der Waals surface area contributed by atoms with E-state index in [4.69, 9.17) is 19.1 Å². The van der Waals surface area contributed by atoms with Gasteiger partial charge < -0.3 is 19.1 Å². The molecule has 0 spiro atoms. The second-order valence-electron chi connectivity index (χ2n) is 5.65. The zero-order valence-electron chi connectivity index (χ0n) is 17.4. The van der Waals surface area contributed by atoms with E-state index in [-0.39, 0.29) is 5.97 Å². The third-order valence-corrected chi connectivity index (χ3v) is 9.94. The Labute approximate surface area is 169 Å². The fourth-order valence-corrected chi connectivity index (χ4v) is 6.02. The van der Waals surface area contributed by atoms with Crippen molar-refractivity contribution in [3.63, 3.8) is 0 Å². The van der Waals surface area contributed by atoms with E-state index in [1.54, 1.807) is 29.9 Å².